The fourth-order valence-electron chi connectivity index (χ4n) is 2.89. The number of benzene rings is 1. The molecule has 2 heterocycles. The van der Waals surface area contributed by atoms with Gasteiger partial charge in [-0.3, -0.25) is 4.79 Å². The second-order valence-electron chi connectivity index (χ2n) is 6.35. The Labute approximate surface area is 164 Å². The highest BCUT2D eigenvalue weighted by molar-refractivity contribution is 5.93. The van der Waals surface area contributed by atoms with E-state index in [9.17, 15) is 4.79 Å². The van der Waals surface area contributed by atoms with E-state index in [-0.39, 0.29) is 5.91 Å². The van der Waals surface area contributed by atoms with E-state index in [0.29, 0.717) is 23.8 Å². The molecule has 0 aliphatic carbocycles. The Morgan fingerprint density at radius 1 is 1.14 bits per heavy atom. The van der Waals surface area contributed by atoms with E-state index in [1.54, 1.807) is 18.4 Å². The first-order chi connectivity index (χ1) is 13.6. The van der Waals surface area contributed by atoms with Crippen LogP contribution >= 0.6 is 0 Å². The van der Waals surface area contributed by atoms with E-state index in [1.165, 1.54) is 18.1 Å². The van der Waals surface area contributed by atoms with Gasteiger partial charge in [-0.1, -0.05) is 0 Å². The molecule has 0 spiro atoms. The van der Waals surface area contributed by atoms with Crippen LogP contribution < -0.4 is 15.5 Å². The van der Waals surface area contributed by atoms with Crippen molar-refractivity contribution in [3.8, 4) is 0 Å². The molecule has 146 valence electrons. The number of amides is 1. The zero-order valence-corrected chi connectivity index (χ0v) is 16.4. The van der Waals surface area contributed by atoms with Crippen LogP contribution in [-0.2, 0) is 6.54 Å². The summed E-state index contributed by atoms with van der Waals surface area (Å²) in [6.07, 6.45) is 4.58. The van der Waals surface area contributed by atoms with Crippen molar-refractivity contribution in [1.29, 1.82) is 0 Å². The molecule has 7 heteroatoms. The van der Waals surface area contributed by atoms with E-state index < -0.39 is 0 Å². The first-order valence-electron chi connectivity index (χ1n) is 9.36. The maximum absolute atomic E-state index is 12.2. The lowest BCUT2D eigenvalue weighted by Crippen LogP contribution is -2.23. The SMILES string of the molecule is CCN(CC)c1ccc(Nc2ncc(C(=O)NCc3ccco3)cn2)c(C)c1. The van der Waals surface area contributed by atoms with Gasteiger partial charge in [-0.05, 0) is 56.7 Å². The predicted molar refractivity (Wildman–Crippen MR) is 110 cm³/mol. The molecule has 28 heavy (non-hydrogen) atoms. The van der Waals surface area contributed by atoms with Gasteiger partial charge < -0.3 is 20.0 Å². The maximum Gasteiger partial charge on any atom is 0.254 e. The molecule has 2 aromatic heterocycles. The Kier molecular flexibility index (Phi) is 6.26. The molecule has 3 aromatic rings. The van der Waals surface area contributed by atoms with Gasteiger partial charge >= 0.3 is 0 Å². The molecule has 7 nitrogen and oxygen atoms in total. The number of hydrogen-bond acceptors (Lipinski definition) is 6. The molecule has 0 fully saturated rings. The van der Waals surface area contributed by atoms with Crippen LogP contribution in [0.3, 0.4) is 0 Å². The normalized spacial score (nSPS) is 10.5. The first-order valence-corrected chi connectivity index (χ1v) is 9.36. The molecule has 0 unspecified atom stereocenters. The van der Waals surface area contributed by atoms with Crippen LogP contribution in [0.25, 0.3) is 0 Å². The van der Waals surface area contributed by atoms with Gasteiger partial charge in [0.05, 0.1) is 18.4 Å². The minimum Gasteiger partial charge on any atom is -0.467 e. The number of rotatable bonds is 8. The van der Waals surface area contributed by atoms with Crippen LogP contribution in [0.4, 0.5) is 17.3 Å². The van der Waals surface area contributed by atoms with E-state index in [2.05, 4.69) is 51.5 Å². The summed E-state index contributed by atoms with van der Waals surface area (Å²) in [6, 6.07) is 9.83. The zero-order chi connectivity index (χ0) is 19.9. The van der Waals surface area contributed by atoms with E-state index in [4.69, 9.17) is 4.42 Å². The molecule has 0 aliphatic rings. The van der Waals surface area contributed by atoms with Crippen molar-refractivity contribution in [3.63, 3.8) is 0 Å². The van der Waals surface area contributed by atoms with Crippen molar-refractivity contribution in [2.75, 3.05) is 23.3 Å². The maximum atomic E-state index is 12.2. The number of nitrogens with zero attached hydrogens (tertiary/aromatic N) is 3. The van der Waals surface area contributed by atoms with E-state index in [1.807, 2.05) is 13.0 Å². The molecule has 0 atom stereocenters. The van der Waals surface area contributed by atoms with Crippen LogP contribution in [0.5, 0.6) is 0 Å². The molecule has 1 amide bonds. The van der Waals surface area contributed by atoms with Gasteiger partial charge in [-0.15, -0.1) is 0 Å². The molecule has 0 saturated heterocycles. The molecular weight excluding hydrogens is 354 g/mol. The van der Waals surface area contributed by atoms with Crippen LogP contribution in [0.1, 0.15) is 35.5 Å². The largest absolute Gasteiger partial charge is 0.467 e. The van der Waals surface area contributed by atoms with Crippen LogP contribution in [-0.4, -0.2) is 29.0 Å². The van der Waals surface area contributed by atoms with Crippen molar-refractivity contribution < 1.29 is 9.21 Å². The molecule has 0 saturated carbocycles. The lowest BCUT2D eigenvalue weighted by molar-refractivity contribution is 0.0947. The molecule has 0 radical (unpaired) electrons. The first kappa shape index (κ1) is 19.4. The summed E-state index contributed by atoms with van der Waals surface area (Å²) in [5.41, 5.74) is 3.63. The second kappa shape index (κ2) is 9.03. The summed E-state index contributed by atoms with van der Waals surface area (Å²) in [4.78, 5) is 23.0. The molecule has 2 N–H and O–H groups in total. The van der Waals surface area contributed by atoms with Gasteiger partial charge in [0, 0.05) is 36.9 Å². The lowest BCUT2D eigenvalue weighted by Gasteiger charge is -2.22. The summed E-state index contributed by atoms with van der Waals surface area (Å²) in [5, 5.41) is 5.98. The third-order valence-electron chi connectivity index (χ3n) is 4.50. The smallest absolute Gasteiger partial charge is 0.254 e. The Morgan fingerprint density at radius 3 is 2.50 bits per heavy atom. The summed E-state index contributed by atoms with van der Waals surface area (Å²) in [6.45, 7) is 8.59. The number of nitrogens with one attached hydrogen (secondary N) is 2. The third kappa shape index (κ3) is 4.68. The quantitative estimate of drug-likeness (QED) is 0.618. The summed E-state index contributed by atoms with van der Waals surface area (Å²) < 4.78 is 5.19. The van der Waals surface area contributed by atoms with Crippen LogP contribution in [0.15, 0.2) is 53.4 Å². The minimum atomic E-state index is -0.247. The van der Waals surface area contributed by atoms with Crippen molar-refractivity contribution in [1.82, 2.24) is 15.3 Å². The van der Waals surface area contributed by atoms with Gasteiger partial charge in [0.1, 0.15) is 5.76 Å². The molecular formula is C21H25N5O2. The molecule has 1 aromatic carbocycles. The van der Waals surface area contributed by atoms with Gasteiger partial charge in [0.25, 0.3) is 5.91 Å². The number of anilines is 3. The number of carbonyl (C=O) groups excluding carboxylic acids is 1. The van der Waals surface area contributed by atoms with Crippen molar-refractivity contribution in [2.24, 2.45) is 0 Å². The monoisotopic (exact) mass is 379 g/mol. The van der Waals surface area contributed by atoms with E-state index >= 15 is 0 Å². The molecule has 0 aliphatic heterocycles. The highest BCUT2D eigenvalue weighted by atomic mass is 16.3. The number of aromatic nitrogens is 2. The lowest BCUT2D eigenvalue weighted by atomic mass is 10.1. The minimum absolute atomic E-state index is 0.247. The average Bonchev–Trinajstić information content (AvgIpc) is 3.23. The highest BCUT2D eigenvalue weighted by Gasteiger charge is 2.09. The Morgan fingerprint density at radius 2 is 1.89 bits per heavy atom. The Balaban J connectivity index is 1.63. The summed E-state index contributed by atoms with van der Waals surface area (Å²) in [5.74, 6) is 0.889. The summed E-state index contributed by atoms with van der Waals surface area (Å²) >= 11 is 0. The van der Waals surface area contributed by atoms with Crippen molar-refractivity contribution >= 4 is 23.2 Å². The fraction of sp³-hybridized carbons (Fsp3) is 0.286. The number of furan rings is 1. The highest BCUT2D eigenvalue weighted by Crippen LogP contribution is 2.24. The third-order valence-corrected chi connectivity index (χ3v) is 4.50. The molecule has 3 rings (SSSR count). The second-order valence-corrected chi connectivity index (χ2v) is 6.35. The topological polar surface area (TPSA) is 83.3 Å². The number of hydrogen-bond donors (Lipinski definition) is 2. The van der Waals surface area contributed by atoms with Gasteiger partial charge in [0.15, 0.2) is 0 Å². The predicted octanol–water partition coefficient (Wildman–Crippen LogP) is 3.90. The summed E-state index contributed by atoms with van der Waals surface area (Å²) in [7, 11) is 0. The number of aryl methyl sites for hydroxylation is 1. The standard InChI is InChI=1S/C21H25N5O2/c1-4-26(5-2)17-8-9-19(15(3)11-17)25-21-23-12-16(13-24-21)20(27)22-14-18-7-6-10-28-18/h6-13H,4-5,14H2,1-3H3,(H,22,27)(H,23,24,25). The Bertz CT molecular complexity index is 903. The zero-order valence-electron chi connectivity index (χ0n) is 16.4. The van der Waals surface area contributed by atoms with Gasteiger partial charge in [-0.25, -0.2) is 9.97 Å². The van der Waals surface area contributed by atoms with Crippen LogP contribution in [0, 0.1) is 6.92 Å². The molecule has 0 bridgehead atoms. The van der Waals surface area contributed by atoms with Gasteiger partial charge in [-0.2, -0.15) is 0 Å². The average molecular weight is 379 g/mol. The van der Waals surface area contributed by atoms with Gasteiger partial charge in [0.2, 0.25) is 5.95 Å². The van der Waals surface area contributed by atoms with Crippen LogP contribution in [0.2, 0.25) is 0 Å². The van der Waals surface area contributed by atoms with Crippen molar-refractivity contribution in [3.05, 3.63) is 65.9 Å². The number of carbonyl (C=O) groups is 1. The fourth-order valence-corrected chi connectivity index (χ4v) is 2.89. The van der Waals surface area contributed by atoms with Crippen molar-refractivity contribution in [2.45, 2.75) is 27.3 Å². The van der Waals surface area contributed by atoms with E-state index in [0.717, 1.165) is 24.3 Å². The Hall–Kier alpha value is -3.35.